The largest absolute Gasteiger partial charge is 0.756 e. The van der Waals surface area contributed by atoms with Gasteiger partial charge in [0.05, 0.1) is 39.9 Å². The summed E-state index contributed by atoms with van der Waals surface area (Å²) in [6.07, 6.45) is 65.5. The summed E-state index contributed by atoms with van der Waals surface area (Å²) in [5.41, 5.74) is 0. The van der Waals surface area contributed by atoms with Gasteiger partial charge in [0.15, 0.2) is 0 Å². The van der Waals surface area contributed by atoms with Crippen LogP contribution < -0.4 is 10.2 Å². The van der Waals surface area contributed by atoms with Gasteiger partial charge in [0.25, 0.3) is 7.82 Å². The first-order valence-corrected chi connectivity index (χ1v) is 31.7. The molecule has 0 heterocycles. The Labute approximate surface area is 430 Å². The molecule has 0 spiro atoms. The molecule has 410 valence electrons. The summed E-state index contributed by atoms with van der Waals surface area (Å²) < 4.78 is 23.4. The Bertz CT molecular complexity index is 1170. The maximum atomic E-state index is 13.0. The van der Waals surface area contributed by atoms with Crippen molar-refractivity contribution >= 4 is 13.7 Å². The number of quaternary nitrogens is 1. The highest BCUT2D eigenvalue weighted by Crippen LogP contribution is 2.38. The summed E-state index contributed by atoms with van der Waals surface area (Å²) >= 11 is 0. The van der Waals surface area contributed by atoms with Crippen LogP contribution in [0.3, 0.4) is 0 Å². The van der Waals surface area contributed by atoms with Crippen LogP contribution in [-0.4, -0.2) is 68.5 Å². The molecule has 0 aliphatic rings. The van der Waals surface area contributed by atoms with Gasteiger partial charge in [-0.25, -0.2) is 0 Å². The molecule has 0 fully saturated rings. The van der Waals surface area contributed by atoms with Crippen LogP contribution in [0.2, 0.25) is 0 Å². The minimum Gasteiger partial charge on any atom is -0.756 e. The molecule has 0 radical (unpaired) electrons. The number of likely N-dealkylation sites (N-methyl/N-ethyl adjacent to an activating group) is 1. The van der Waals surface area contributed by atoms with E-state index in [4.69, 9.17) is 9.05 Å². The minimum atomic E-state index is -4.59. The molecule has 3 unspecified atom stereocenters. The predicted octanol–water partition coefficient (Wildman–Crippen LogP) is 17.7. The maximum absolute atomic E-state index is 13.0. The van der Waals surface area contributed by atoms with Crippen molar-refractivity contribution < 1.29 is 32.9 Å². The molecule has 0 aromatic carbocycles. The number of aliphatic hydroxyl groups is 1. The highest BCUT2D eigenvalue weighted by Gasteiger charge is 2.23. The summed E-state index contributed by atoms with van der Waals surface area (Å²) in [5.74, 6) is -0.191. The lowest BCUT2D eigenvalue weighted by Crippen LogP contribution is -2.45. The second kappa shape index (κ2) is 51.9. The second-order valence-electron chi connectivity index (χ2n) is 22.1. The quantitative estimate of drug-likeness (QED) is 0.0272. The van der Waals surface area contributed by atoms with Gasteiger partial charge in [0.2, 0.25) is 5.91 Å². The molecule has 0 saturated heterocycles. The van der Waals surface area contributed by atoms with Crippen LogP contribution in [0.5, 0.6) is 0 Å². The number of carbonyl (C=O) groups is 1. The number of nitrogens with zero attached hydrogens (tertiary/aromatic N) is 1. The lowest BCUT2D eigenvalue weighted by atomic mass is 10.0. The summed E-state index contributed by atoms with van der Waals surface area (Å²) in [5, 5.41) is 13.9. The molecule has 0 bridgehead atoms. The van der Waals surface area contributed by atoms with Crippen LogP contribution in [-0.2, 0) is 18.4 Å². The van der Waals surface area contributed by atoms with E-state index in [-0.39, 0.29) is 19.1 Å². The number of phosphoric acid groups is 1. The predicted molar refractivity (Wildman–Crippen MR) is 298 cm³/mol. The van der Waals surface area contributed by atoms with E-state index in [0.29, 0.717) is 17.4 Å². The molecule has 0 aromatic rings. The van der Waals surface area contributed by atoms with Gasteiger partial charge in [-0.15, -0.1) is 0 Å². The van der Waals surface area contributed by atoms with E-state index >= 15 is 0 Å². The SMILES string of the molecule is CCCCCCCCCC/C=C\CCCCCCCCCCCCCCCCCCCC(=O)NC(COP(=O)([O-])OCC[N+](C)(C)C)C(O)/C=C/CCCCCCCCCCCCCCCCCC. The Kier molecular flexibility index (Phi) is 51.1. The molecule has 69 heavy (non-hydrogen) atoms. The average molecular weight is 996 g/mol. The van der Waals surface area contributed by atoms with Crippen molar-refractivity contribution in [2.75, 3.05) is 40.9 Å². The Morgan fingerprint density at radius 1 is 0.493 bits per heavy atom. The number of nitrogens with one attached hydrogen (secondary N) is 1. The molecule has 8 nitrogen and oxygen atoms in total. The molecular formula is C60H119N2O6P. The monoisotopic (exact) mass is 995 g/mol. The van der Waals surface area contributed by atoms with Crippen LogP contribution >= 0.6 is 7.82 Å². The van der Waals surface area contributed by atoms with Crippen molar-refractivity contribution in [3.63, 3.8) is 0 Å². The van der Waals surface area contributed by atoms with Crippen LogP contribution in [0.25, 0.3) is 0 Å². The van der Waals surface area contributed by atoms with E-state index in [0.717, 1.165) is 38.5 Å². The summed E-state index contributed by atoms with van der Waals surface area (Å²) in [6, 6.07) is -0.884. The van der Waals surface area contributed by atoms with Gasteiger partial charge >= 0.3 is 0 Å². The summed E-state index contributed by atoms with van der Waals surface area (Å²) in [4.78, 5) is 25.5. The third-order valence-corrected chi connectivity index (χ3v) is 14.9. The van der Waals surface area contributed by atoms with Gasteiger partial charge in [0.1, 0.15) is 13.2 Å². The Morgan fingerprint density at radius 3 is 1.13 bits per heavy atom. The molecule has 3 atom stereocenters. The molecule has 9 heteroatoms. The number of unbranched alkanes of at least 4 members (excludes halogenated alkanes) is 41. The zero-order valence-electron chi connectivity index (χ0n) is 46.8. The van der Waals surface area contributed by atoms with Gasteiger partial charge in [0, 0.05) is 6.42 Å². The average Bonchev–Trinajstić information content (AvgIpc) is 3.31. The fourth-order valence-electron chi connectivity index (χ4n) is 9.15. The lowest BCUT2D eigenvalue weighted by Gasteiger charge is -2.29. The van der Waals surface area contributed by atoms with Gasteiger partial charge in [-0.1, -0.05) is 276 Å². The van der Waals surface area contributed by atoms with E-state index in [1.54, 1.807) is 6.08 Å². The number of hydrogen-bond donors (Lipinski definition) is 2. The van der Waals surface area contributed by atoms with Crippen LogP contribution in [0.15, 0.2) is 24.3 Å². The molecular weight excluding hydrogens is 876 g/mol. The molecule has 0 aromatic heterocycles. The third kappa shape index (κ3) is 54.6. The van der Waals surface area contributed by atoms with Crippen LogP contribution in [0.4, 0.5) is 0 Å². The van der Waals surface area contributed by atoms with E-state index in [1.807, 2.05) is 27.2 Å². The highest BCUT2D eigenvalue weighted by molar-refractivity contribution is 7.45. The summed E-state index contributed by atoms with van der Waals surface area (Å²) in [6.45, 7) is 4.69. The maximum Gasteiger partial charge on any atom is 0.268 e. The second-order valence-corrected chi connectivity index (χ2v) is 23.5. The molecule has 1 amide bonds. The fraction of sp³-hybridized carbons (Fsp3) is 0.917. The standard InChI is InChI=1S/C60H119N2O6P/c1-6-8-10-12-14-16-18-20-22-24-26-27-28-29-30-31-32-33-34-35-36-38-40-42-44-46-48-50-52-54-60(64)61-58(57-68-69(65,66)67-56-55-62(3,4)5)59(63)53-51-49-47-45-43-41-39-37-25-23-21-19-17-15-13-11-9-7-2/h24,26,51,53,58-59,63H,6-23,25,27-50,52,54-57H2,1-5H3,(H-,61,64,65,66)/b26-24-,53-51+. The van der Waals surface area contributed by atoms with E-state index < -0.39 is 20.0 Å². The van der Waals surface area contributed by atoms with Gasteiger partial charge in [-0.2, -0.15) is 0 Å². The van der Waals surface area contributed by atoms with Crippen LogP contribution in [0.1, 0.15) is 303 Å². The van der Waals surface area contributed by atoms with E-state index in [2.05, 4.69) is 31.3 Å². The topological polar surface area (TPSA) is 108 Å². The van der Waals surface area contributed by atoms with Crippen molar-refractivity contribution in [3.05, 3.63) is 24.3 Å². The Hall–Kier alpha value is -1.02. The number of amides is 1. The first-order valence-electron chi connectivity index (χ1n) is 30.2. The zero-order valence-corrected chi connectivity index (χ0v) is 47.7. The number of allylic oxidation sites excluding steroid dienone is 3. The van der Waals surface area contributed by atoms with Crippen molar-refractivity contribution in [3.8, 4) is 0 Å². The molecule has 0 aliphatic heterocycles. The molecule has 0 saturated carbocycles. The van der Waals surface area contributed by atoms with Gasteiger partial charge in [-0.05, 0) is 44.9 Å². The Balaban J connectivity index is 4.10. The number of hydrogen-bond acceptors (Lipinski definition) is 6. The third-order valence-electron chi connectivity index (χ3n) is 13.9. The smallest absolute Gasteiger partial charge is 0.268 e. The minimum absolute atomic E-state index is 0.00148. The van der Waals surface area contributed by atoms with Crippen LogP contribution in [0, 0.1) is 0 Å². The molecule has 0 rings (SSSR count). The van der Waals surface area contributed by atoms with Crippen molar-refractivity contribution in [2.45, 2.75) is 315 Å². The van der Waals surface area contributed by atoms with Crippen molar-refractivity contribution in [1.29, 1.82) is 0 Å². The number of carbonyl (C=O) groups excluding carboxylic acids is 1. The number of phosphoric ester groups is 1. The van der Waals surface area contributed by atoms with Gasteiger partial charge in [-0.3, -0.25) is 9.36 Å². The number of aliphatic hydroxyl groups excluding tert-OH is 1. The fourth-order valence-corrected chi connectivity index (χ4v) is 9.87. The first-order chi connectivity index (χ1) is 33.5. The molecule has 2 N–H and O–H groups in total. The lowest BCUT2D eigenvalue weighted by molar-refractivity contribution is -0.870. The van der Waals surface area contributed by atoms with E-state index in [9.17, 15) is 19.4 Å². The zero-order chi connectivity index (χ0) is 50.6. The Morgan fingerprint density at radius 2 is 0.797 bits per heavy atom. The van der Waals surface area contributed by atoms with Crippen molar-refractivity contribution in [1.82, 2.24) is 5.32 Å². The van der Waals surface area contributed by atoms with Crippen molar-refractivity contribution in [2.24, 2.45) is 0 Å². The highest BCUT2D eigenvalue weighted by atomic mass is 31.2. The van der Waals surface area contributed by atoms with E-state index in [1.165, 1.54) is 244 Å². The van der Waals surface area contributed by atoms with Gasteiger partial charge < -0.3 is 28.8 Å². The normalized spacial score (nSPS) is 14.0. The first kappa shape index (κ1) is 68.0. The molecule has 0 aliphatic carbocycles. The summed E-state index contributed by atoms with van der Waals surface area (Å²) in [7, 11) is 1.28. The number of rotatable bonds is 56.